The summed E-state index contributed by atoms with van der Waals surface area (Å²) in [5.74, 6) is 0.675. The monoisotopic (exact) mass is 290 g/mol. The van der Waals surface area contributed by atoms with Crippen LogP contribution in [0.4, 0.5) is 17.1 Å². The molecule has 0 saturated carbocycles. The highest BCUT2D eigenvalue weighted by atomic mass is 35.5. The highest BCUT2D eigenvalue weighted by Crippen LogP contribution is 2.34. The number of hydrogen-bond donors (Lipinski definition) is 2. The first-order valence-electron chi connectivity index (χ1n) is 6.55. The van der Waals surface area contributed by atoms with Crippen molar-refractivity contribution in [3.05, 3.63) is 47.0 Å². The molecule has 106 valence electrons. The molecule has 0 aliphatic carbocycles. The minimum Gasteiger partial charge on any atom is -0.489 e. The van der Waals surface area contributed by atoms with Crippen LogP contribution < -0.4 is 15.8 Å². The van der Waals surface area contributed by atoms with Crippen molar-refractivity contribution in [2.75, 3.05) is 11.1 Å². The number of rotatable bonds is 4. The van der Waals surface area contributed by atoms with E-state index < -0.39 is 0 Å². The Morgan fingerprint density at radius 1 is 1.15 bits per heavy atom. The van der Waals surface area contributed by atoms with Gasteiger partial charge in [-0.25, -0.2) is 0 Å². The Balaban J connectivity index is 2.32. The van der Waals surface area contributed by atoms with Gasteiger partial charge in [-0.05, 0) is 50.6 Å². The molecule has 0 bridgehead atoms. The average Bonchev–Trinajstić information content (AvgIpc) is 2.38. The van der Waals surface area contributed by atoms with Gasteiger partial charge in [-0.1, -0.05) is 23.7 Å². The zero-order chi connectivity index (χ0) is 14.7. The Kier molecular flexibility index (Phi) is 4.40. The molecule has 0 atom stereocenters. The third-order valence-corrected chi connectivity index (χ3v) is 3.15. The van der Waals surface area contributed by atoms with Crippen LogP contribution in [0, 0.1) is 6.92 Å². The van der Waals surface area contributed by atoms with Crippen LogP contribution in [-0.4, -0.2) is 6.10 Å². The summed E-state index contributed by atoms with van der Waals surface area (Å²) >= 11 is 6.19. The molecular formula is C16H19ClN2O. The second kappa shape index (κ2) is 6.06. The van der Waals surface area contributed by atoms with Crippen molar-refractivity contribution < 1.29 is 4.74 Å². The summed E-state index contributed by atoms with van der Waals surface area (Å²) in [5, 5.41) is 3.92. The lowest BCUT2D eigenvalue weighted by Gasteiger charge is -2.16. The molecule has 0 amide bonds. The van der Waals surface area contributed by atoms with Gasteiger partial charge in [0.05, 0.1) is 28.2 Å². The van der Waals surface area contributed by atoms with Gasteiger partial charge in [0.2, 0.25) is 0 Å². The van der Waals surface area contributed by atoms with E-state index in [0.29, 0.717) is 16.5 Å². The molecule has 2 aromatic rings. The first-order chi connectivity index (χ1) is 9.47. The van der Waals surface area contributed by atoms with E-state index in [1.165, 1.54) is 0 Å². The van der Waals surface area contributed by atoms with Crippen LogP contribution in [0.15, 0.2) is 36.4 Å². The molecule has 3 nitrogen and oxygen atoms in total. The molecule has 3 N–H and O–H groups in total. The Bertz CT molecular complexity index is 611. The summed E-state index contributed by atoms with van der Waals surface area (Å²) in [5.41, 5.74) is 9.47. The number of nitrogens with one attached hydrogen (secondary N) is 1. The molecule has 0 heterocycles. The highest BCUT2D eigenvalue weighted by molar-refractivity contribution is 6.33. The van der Waals surface area contributed by atoms with Crippen molar-refractivity contribution >= 4 is 28.7 Å². The van der Waals surface area contributed by atoms with Crippen LogP contribution in [0.25, 0.3) is 0 Å². The fraction of sp³-hybridized carbons (Fsp3) is 0.250. The molecule has 20 heavy (non-hydrogen) atoms. The zero-order valence-electron chi connectivity index (χ0n) is 11.9. The van der Waals surface area contributed by atoms with Crippen LogP contribution in [0.5, 0.6) is 5.75 Å². The maximum Gasteiger partial charge on any atom is 0.144 e. The van der Waals surface area contributed by atoms with Gasteiger partial charge in [0, 0.05) is 0 Å². The fourth-order valence-corrected chi connectivity index (χ4v) is 2.05. The zero-order valence-corrected chi connectivity index (χ0v) is 12.7. The van der Waals surface area contributed by atoms with Gasteiger partial charge in [0.25, 0.3) is 0 Å². The van der Waals surface area contributed by atoms with E-state index in [-0.39, 0.29) is 6.10 Å². The van der Waals surface area contributed by atoms with Crippen LogP contribution >= 0.6 is 11.6 Å². The summed E-state index contributed by atoms with van der Waals surface area (Å²) in [7, 11) is 0. The molecule has 2 rings (SSSR count). The number of aryl methyl sites for hydroxylation is 1. The molecule has 0 unspecified atom stereocenters. The normalized spacial score (nSPS) is 10.7. The van der Waals surface area contributed by atoms with E-state index in [1.54, 1.807) is 0 Å². The predicted molar refractivity (Wildman–Crippen MR) is 86.1 cm³/mol. The number of ether oxygens (including phenoxy) is 1. The molecule has 0 aliphatic heterocycles. The molecule has 0 aromatic heterocycles. The molecule has 4 heteroatoms. The van der Waals surface area contributed by atoms with E-state index in [9.17, 15) is 0 Å². The summed E-state index contributed by atoms with van der Waals surface area (Å²) < 4.78 is 5.68. The third-order valence-electron chi connectivity index (χ3n) is 2.82. The summed E-state index contributed by atoms with van der Waals surface area (Å²) in [6.45, 7) is 5.96. The van der Waals surface area contributed by atoms with Gasteiger partial charge >= 0.3 is 0 Å². The van der Waals surface area contributed by atoms with E-state index >= 15 is 0 Å². The molecule has 0 saturated heterocycles. The maximum absolute atomic E-state index is 6.19. The van der Waals surface area contributed by atoms with Crippen LogP contribution in [0.3, 0.4) is 0 Å². The van der Waals surface area contributed by atoms with Crippen LogP contribution in [-0.2, 0) is 0 Å². The summed E-state index contributed by atoms with van der Waals surface area (Å²) in [4.78, 5) is 0. The maximum atomic E-state index is 6.19. The lowest BCUT2D eigenvalue weighted by molar-refractivity contribution is 0.244. The lowest BCUT2D eigenvalue weighted by Crippen LogP contribution is -2.08. The van der Waals surface area contributed by atoms with E-state index in [1.807, 2.05) is 57.2 Å². The highest BCUT2D eigenvalue weighted by Gasteiger charge is 2.09. The topological polar surface area (TPSA) is 47.3 Å². The van der Waals surface area contributed by atoms with Gasteiger partial charge < -0.3 is 15.8 Å². The van der Waals surface area contributed by atoms with Gasteiger partial charge in [-0.15, -0.1) is 0 Å². The average molecular weight is 291 g/mol. The SMILES string of the molecule is Cc1ccc(Cl)c(Nc2cccc(OC(C)C)c2N)c1. The van der Waals surface area contributed by atoms with Crippen molar-refractivity contribution in [2.24, 2.45) is 0 Å². The number of nitrogen functional groups attached to an aromatic ring is 1. The van der Waals surface area contributed by atoms with Crippen LogP contribution in [0.2, 0.25) is 5.02 Å². The number of nitrogens with two attached hydrogens (primary N) is 1. The van der Waals surface area contributed by atoms with Crippen molar-refractivity contribution in [2.45, 2.75) is 26.9 Å². The second-order valence-corrected chi connectivity index (χ2v) is 5.40. The predicted octanol–water partition coefficient (Wildman–Crippen LogP) is 4.76. The largest absolute Gasteiger partial charge is 0.489 e. The van der Waals surface area contributed by atoms with Crippen molar-refractivity contribution in [1.29, 1.82) is 0 Å². The molecule has 0 radical (unpaired) electrons. The Labute approximate surface area is 124 Å². The van der Waals surface area contributed by atoms with Crippen molar-refractivity contribution in [3.8, 4) is 5.75 Å². The quantitative estimate of drug-likeness (QED) is 0.798. The van der Waals surface area contributed by atoms with Gasteiger partial charge in [0.15, 0.2) is 0 Å². The first kappa shape index (κ1) is 14.5. The number of hydrogen-bond acceptors (Lipinski definition) is 3. The molecule has 0 spiro atoms. The first-order valence-corrected chi connectivity index (χ1v) is 6.93. The summed E-state index contributed by atoms with van der Waals surface area (Å²) in [6.07, 6.45) is 0.0788. The Morgan fingerprint density at radius 3 is 2.60 bits per heavy atom. The third kappa shape index (κ3) is 3.36. The fourth-order valence-electron chi connectivity index (χ4n) is 1.89. The van der Waals surface area contributed by atoms with E-state index in [4.69, 9.17) is 22.1 Å². The number of benzene rings is 2. The van der Waals surface area contributed by atoms with Crippen molar-refractivity contribution in [3.63, 3.8) is 0 Å². The lowest BCUT2D eigenvalue weighted by atomic mass is 10.2. The standard InChI is InChI=1S/C16H19ClN2O/c1-10(2)20-15-6-4-5-13(16(15)18)19-14-9-11(3)7-8-12(14)17/h4-10,19H,18H2,1-3H3. The number of halogens is 1. The van der Waals surface area contributed by atoms with E-state index in [2.05, 4.69) is 5.32 Å². The minimum atomic E-state index is 0.0788. The molecule has 2 aromatic carbocycles. The number of para-hydroxylation sites is 1. The van der Waals surface area contributed by atoms with Gasteiger partial charge in [-0.2, -0.15) is 0 Å². The summed E-state index contributed by atoms with van der Waals surface area (Å²) in [6, 6.07) is 11.5. The molecular weight excluding hydrogens is 272 g/mol. The minimum absolute atomic E-state index is 0.0788. The number of anilines is 3. The van der Waals surface area contributed by atoms with Crippen LogP contribution in [0.1, 0.15) is 19.4 Å². The molecule has 0 aliphatic rings. The Hall–Kier alpha value is -1.87. The smallest absolute Gasteiger partial charge is 0.144 e. The van der Waals surface area contributed by atoms with Gasteiger partial charge in [-0.3, -0.25) is 0 Å². The molecule has 0 fully saturated rings. The van der Waals surface area contributed by atoms with Gasteiger partial charge in [0.1, 0.15) is 5.75 Å². The Morgan fingerprint density at radius 2 is 1.90 bits per heavy atom. The second-order valence-electron chi connectivity index (χ2n) is 4.99. The van der Waals surface area contributed by atoms with Crippen molar-refractivity contribution in [1.82, 2.24) is 0 Å². The van der Waals surface area contributed by atoms with E-state index in [0.717, 1.165) is 16.9 Å².